The average Bonchev–Trinajstić information content (AvgIpc) is 2.07. The van der Waals surface area contributed by atoms with E-state index in [1.165, 1.54) is 12.1 Å². The van der Waals surface area contributed by atoms with Crippen LogP contribution in [0.4, 0.5) is 39.5 Å². The molecule has 2 N–H and O–H groups in total. The van der Waals surface area contributed by atoms with Gasteiger partial charge >= 0.3 is 18.5 Å². The maximum Gasteiger partial charge on any atom is 0.416 e. The summed E-state index contributed by atoms with van der Waals surface area (Å²) in [5.74, 6) is -1.56. The molecule has 9 rings (SSSR count). The molecular formula is C65H68F9N5O3. The molecule has 0 radical (unpaired) electrons. The number of piperidine rings is 1. The summed E-state index contributed by atoms with van der Waals surface area (Å²) in [5.41, 5.74) is 4.14. The van der Waals surface area contributed by atoms with Gasteiger partial charge in [-0.05, 0) is 152 Å². The van der Waals surface area contributed by atoms with Gasteiger partial charge in [-0.2, -0.15) is 39.5 Å². The van der Waals surface area contributed by atoms with Crippen LogP contribution in [0, 0.1) is 0 Å². The van der Waals surface area contributed by atoms with Crippen LogP contribution in [0.5, 0.6) is 0 Å². The third-order valence-electron chi connectivity index (χ3n) is 16.8. The summed E-state index contributed by atoms with van der Waals surface area (Å²) in [6.07, 6.45) is -6.95. The molecule has 17 heteroatoms. The van der Waals surface area contributed by atoms with Gasteiger partial charge in [0.2, 0.25) is 11.8 Å². The average molecular weight is 1140 g/mol. The molecule has 8 nitrogen and oxygen atoms in total. The van der Waals surface area contributed by atoms with Crippen molar-refractivity contribution in [2.75, 3.05) is 59.4 Å². The highest BCUT2D eigenvalue weighted by Crippen LogP contribution is 2.53. The highest BCUT2D eigenvalue weighted by molar-refractivity contribution is 6.02. The molecule has 434 valence electrons. The normalized spacial score (nSPS) is 15.6. The van der Waals surface area contributed by atoms with E-state index >= 15 is 0 Å². The van der Waals surface area contributed by atoms with Crippen LogP contribution in [0.1, 0.15) is 109 Å². The minimum Gasteiger partial charge on any atom is -0.346 e. The molecule has 0 atom stereocenters. The van der Waals surface area contributed by atoms with Crippen molar-refractivity contribution in [1.29, 1.82) is 0 Å². The number of halogens is 9. The molecular weight excluding hydrogens is 1070 g/mol. The van der Waals surface area contributed by atoms with E-state index in [1.807, 2.05) is 96.9 Å². The molecule has 1 fully saturated rings. The molecule has 0 bridgehead atoms. The highest BCUT2D eigenvalue weighted by atomic mass is 19.4. The Morgan fingerprint density at radius 2 is 0.902 bits per heavy atom. The summed E-state index contributed by atoms with van der Waals surface area (Å²) in [5, 5.41) is 4.41. The molecule has 6 aromatic rings. The van der Waals surface area contributed by atoms with Gasteiger partial charge in [0.25, 0.3) is 5.91 Å². The van der Waals surface area contributed by atoms with Crippen molar-refractivity contribution in [2.45, 2.75) is 106 Å². The molecule has 1 aliphatic heterocycles. The lowest BCUT2D eigenvalue weighted by Crippen LogP contribution is -2.48. The Balaban J connectivity index is 0.823. The Labute approximate surface area is 473 Å². The van der Waals surface area contributed by atoms with E-state index in [2.05, 4.69) is 20.4 Å². The van der Waals surface area contributed by atoms with E-state index in [0.29, 0.717) is 129 Å². The number of unbranched alkanes of at least 4 members (excludes halogenated alkanes) is 4. The van der Waals surface area contributed by atoms with Crippen LogP contribution in [0.2, 0.25) is 0 Å². The van der Waals surface area contributed by atoms with Gasteiger partial charge in [0.1, 0.15) is 23.9 Å². The van der Waals surface area contributed by atoms with Crippen LogP contribution >= 0.6 is 0 Å². The Kier molecular flexibility index (Phi) is 18.4. The summed E-state index contributed by atoms with van der Waals surface area (Å²) in [6.45, 7) is 1.02. The molecule has 2 aliphatic carbocycles. The summed E-state index contributed by atoms with van der Waals surface area (Å²) in [6, 6.07) is 41.2. The molecule has 0 spiro atoms. The molecule has 0 unspecified atom stereocenters. The van der Waals surface area contributed by atoms with Crippen LogP contribution < -0.4 is 10.6 Å². The van der Waals surface area contributed by atoms with Crippen LogP contribution in [0.25, 0.3) is 33.4 Å². The maximum atomic E-state index is 14.9. The first-order valence-electron chi connectivity index (χ1n) is 28.3. The van der Waals surface area contributed by atoms with Crippen LogP contribution in [0.3, 0.4) is 0 Å². The first-order valence-corrected chi connectivity index (χ1v) is 28.3. The second-order valence-electron chi connectivity index (χ2n) is 22.1. The monoisotopic (exact) mass is 1140 g/mol. The number of alkyl halides is 9. The van der Waals surface area contributed by atoms with Crippen LogP contribution in [-0.2, 0) is 26.6 Å². The lowest BCUT2D eigenvalue weighted by atomic mass is 9.73. The Morgan fingerprint density at radius 1 is 0.500 bits per heavy atom. The van der Waals surface area contributed by atoms with Crippen molar-refractivity contribution in [3.63, 3.8) is 0 Å². The fourth-order valence-electron chi connectivity index (χ4n) is 12.8. The van der Waals surface area contributed by atoms with Crippen molar-refractivity contribution in [3.8, 4) is 33.4 Å². The molecule has 1 heterocycles. The Hall–Kier alpha value is -6.98. The highest BCUT2D eigenvalue weighted by Gasteiger charge is 2.51. The van der Waals surface area contributed by atoms with Gasteiger partial charge in [-0.3, -0.25) is 14.4 Å². The molecule has 6 aromatic carbocycles. The van der Waals surface area contributed by atoms with Gasteiger partial charge in [0.05, 0.1) is 5.56 Å². The standard InChI is InChI=1S/C65H68F9N5O3/c1-77(38-17-13-35-61(59(81)75-43-63(66,67)68)54-25-9-5-20-49(54)50-21-6-10-26-55(50)61)37-15-2-16-40-79(58(80)53-24-4-3-19-48(53)45-29-31-46(32-30-45)65(72,73)74)47-33-41-78(42-34-47)39-18-14-36-62(60(82)76-44-64(69,70)71)56-27-11-7-22-51(56)52-23-8-12-28-57(52)62/h3-12,19-32,47H,2,13-18,33-44H2,1H3,(H,75,81)(H,76,82). The minimum atomic E-state index is -4.58. The number of nitrogens with zero attached hydrogens (tertiary/aromatic N) is 3. The van der Waals surface area contributed by atoms with Gasteiger partial charge < -0.3 is 25.3 Å². The topological polar surface area (TPSA) is 85.0 Å². The zero-order chi connectivity index (χ0) is 58.3. The lowest BCUT2D eigenvalue weighted by Gasteiger charge is -2.39. The third-order valence-corrected chi connectivity index (χ3v) is 16.8. The zero-order valence-corrected chi connectivity index (χ0v) is 45.8. The fraction of sp³-hybridized carbons (Fsp3) is 0.400. The molecule has 3 aliphatic rings. The fourth-order valence-corrected chi connectivity index (χ4v) is 12.8. The first kappa shape index (κ1) is 59.6. The van der Waals surface area contributed by atoms with Gasteiger partial charge in [0.15, 0.2) is 0 Å². The molecule has 0 saturated carbocycles. The smallest absolute Gasteiger partial charge is 0.346 e. The number of nitrogens with one attached hydrogen (secondary N) is 2. The molecule has 1 saturated heterocycles. The number of benzene rings is 6. The number of rotatable bonds is 23. The number of fused-ring (bicyclic) bond motifs is 6. The van der Waals surface area contributed by atoms with E-state index < -0.39 is 59.8 Å². The molecule has 3 amide bonds. The number of carbonyl (C=O) groups is 3. The Morgan fingerprint density at radius 3 is 1.35 bits per heavy atom. The van der Waals surface area contributed by atoms with Crippen LogP contribution in [0.15, 0.2) is 146 Å². The second kappa shape index (κ2) is 25.3. The number of amides is 3. The number of carbonyl (C=O) groups excluding carboxylic acids is 3. The Bertz CT molecular complexity index is 3090. The van der Waals surface area contributed by atoms with Crippen molar-refractivity contribution < 1.29 is 53.9 Å². The number of likely N-dealkylation sites (tertiary alicyclic amines) is 1. The van der Waals surface area contributed by atoms with E-state index in [0.717, 1.165) is 53.8 Å². The molecule has 0 aromatic heterocycles. The minimum absolute atomic E-state index is 0.142. The van der Waals surface area contributed by atoms with Gasteiger partial charge in [0, 0.05) is 31.2 Å². The van der Waals surface area contributed by atoms with Gasteiger partial charge in [-0.25, -0.2) is 0 Å². The third kappa shape index (κ3) is 13.1. The van der Waals surface area contributed by atoms with E-state index in [-0.39, 0.29) is 11.9 Å². The zero-order valence-electron chi connectivity index (χ0n) is 45.8. The predicted octanol–water partition coefficient (Wildman–Crippen LogP) is 14.0. The number of hydrogen-bond acceptors (Lipinski definition) is 5. The van der Waals surface area contributed by atoms with E-state index in [4.69, 9.17) is 0 Å². The molecule has 82 heavy (non-hydrogen) atoms. The van der Waals surface area contributed by atoms with Crippen molar-refractivity contribution in [2.24, 2.45) is 0 Å². The van der Waals surface area contributed by atoms with E-state index in [1.54, 1.807) is 36.4 Å². The SMILES string of the molecule is CN(CCCCCN(C(=O)c1ccccc1-c1ccc(C(F)(F)F)cc1)C1CCN(CCCCC2(C(=O)NCC(F)(F)F)c3ccccc3-c3ccccc32)CC1)CCCCC1(C(=O)NCC(F)(F)F)c2ccccc2-c2ccccc21. The van der Waals surface area contributed by atoms with Crippen molar-refractivity contribution >= 4 is 17.7 Å². The predicted molar refractivity (Wildman–Crippen MR) is 300 cm³/mol. The largest absolute Gasteiger partial charge is 0.416 e. The summed E-state index contributed by atoms with van der Waals surface area (Å²) < 4.78 is 121. The lowest BCUT2D eigenvalue weighted by molar-refractivity contribution is -0.141. The maximum absolute atomic E-state index is 14.9. The summed E-state index contributed by atoms with van der Waals surface area (Å²) >= 11 is 0. The first-order chi connectivity index (χ1) is 39.2. The number of hydrogen-bond donors (Lipinski definition) is 2. The quantitative estimate of drug-likeness (QED) is 0.0493. The van der Waals surface area contributed by atoms with Crippen molar-refractivity contribution in [1.82, 2.24) is 25.3 Å². The van der Waals surface area contributed by atoms with Crippen LogP contribution in [-0.4, -0.2) is 110 Å². The second-order valence-corrected chi connectivity index (χ2v) is 22.1. The van der Waals surface area contributed by atoms with E-state index in [9.17, 15) is 53.9 Å². The summed E-state index contributed by atoms with van der Waals surface area (Å²) in [4.78, 5) is 49.4. The summed E-state index contributed by atoms with van der Waals surface area (Å²) in [7, 11) is 2.01. The van der Waals surface area contributed by atoms with Gasteiger partial charge in [-0.1, -0.05) is 147 Å². The van der Waals surface area contributed by atoms with Gasteiger partial charge in [-0.15, -0.1) is 0 Å². The van der Waals surface area contributed by atoms with Crippen molar-refractivity contribution in [3.05, 3.63) is 179 Å².